The molecule has 0 saturated carbocycles. The van der Waals surface area contributed by atoms with Crippen molar-refractivity contribution in [3.63, 3.8) is 0 Å². The van der Waals surface area contributed by atoms with Crippen molar-refractivity contribution in [2.24, 2.45) is 0 Å². The zero-order chi connectivity index (χ0) is 10.7. The topological polar surface area (TPSA) is 60.8 Å². The van der Waals surface area contributed by atoms with Gasteiger partial charge in [-0.25, -0.2) is 0 Å². The summed E-state index contributed by atoms with van der Waals surface area (Å²) in [4.78, 5) is 16.6. The van der Waals surface area contributed by atoms with Gasteiger partial charge in [0.2, 0.25) is 0 Å². The van der Waals surface area contributed by atoms with Crippen molar-refractivity contribution in [2.75, 3.05) is 16.9 Å². The second kappa shape index (κ2) is 12.6. The fourth-order valence-electron chi connectivity index (χ4n) is 0.698. The molecular formula is C7H15NNaO3P. The first-order chi connectivity index (χ1) is 6.08. The Morgan fingerprint density at radius 1 is 1.31 bits per heavy atom. The molecule has 0 aliphatic carbocycles. The molecule has 0 rings (SSSR count). The van der Waals surface area contributed by atoms with Crippen LogP contribution in [0, 0.1) is 0 Å². The van der Waals surface area contributed by atoms with Crippen LogP contribution >= 0.6 is 8.25 Å². The van der Waals surface area contributed by atoms with Crippen LogP contribution in [-0.4, -0.2) is 59.5 Å². The Morgan fingerprint density at radius 2 is 1.62 bits per heavy atom. The largest absolute Gasteiger partial charge is 0.326 e. The van der Waals surface area contributed by atoms with E-state index in [4.69, 9.17) is 14.4 Å². The molecule has 2 N–H and O–H groups in total. The third kappa shape index (κ3) is 19.1. The molecule has 0 radical (unpaired) electrons. The van der Waals surface area contributed by atoms with E-state index in [0.717, 1.165) is 13.1 Å². The van der Waals surface area contributed by atoms with Crippen LogP contribution in [0.4, 0.5) is 0 Å². The molecule has 4 nitrogen and oxygen atoms in total. The first-order valence-electron chi connectivity index (χ1n) is 3.94. The fraction of sp³-hybridized carbons (Fsp3) is 0.429. The molecule has 0 fully saturated rings. The minimum atomic E-state index is -3.13. The van der Waals surface area contributed by atoms with Crippen LogP contribution in [0.25, 0.3) is 0 Å². The van der Waals surface area contributed by atoms with Crippen molar-refractivity contribution in [1.82, 2.24) is 4.90 Å². The van der Waals surface area contributed by atoms with E-state index in [2.05, 4.69) is 18.1 Å². The second-order valence-corrected chi connectivity index (χ2v) is 3.41. The second-order valence-electron chi connectivity index (χ2n) is 2.21. The fourth-order valence-corrected chi connectivity index (χ4v) is 1.21. The Morgan fingerprint density at radius 3 is 1.77 bits per heavy atom. The van der Waals surface area contributed by atoms with Crippen LogP contribution in [-0.2, 0) is 4.57 Å². The van der Waals surface area contributed by atoms with Gasteiger partial charge in [0.1, 0.15) is 0 Å². The summed E-state index contributed by atoms with van der Waals surface area (Å²) in [6.45, 7) is 9.33. The Bertz CT molecular complexity index is 152. The standard InChI is InChI=1S/C7H12N.Na.H3O3P/c1-4-6-8(3)7-5-2;;1-4(2)3/h4-5H,1-3,6-7H2;;4H,(H2,1,2,3). The molecule has 0 atom stereocenters. The van der Waals surface area contributed by atoms with Crippen molar-refractivity contribution in [1.29, 1.82) is 0 Å². The quantitative estimate of drug-likeness (QED) is 0.389. The molecule has 13 heavy (non-hydrogen) atoms. The van der Waals surface area contributed by atoms with Crippen molar-refractivity contribution in [2.45, 2.75) is 0 Å². The Kier molecular flexibility index (Phi) is 15.5. The van der Waals surface area contributed by atoms with E-state index in [0.29, 0.717) is 0 Å². The van der Waals surface area contributed by atoms with Gasteiger partial charge in [0.15, 0.2) is 0 Å². The predicted molar refractivity (Wildman–Crippen MR) is 56.0 cm³/mol. The molecular weight excluding hydrogens is 200 g/mol. The van der Waals surface area contributed by atoms with Gasteiger partial charge in [0, 0.05) is 0 Å². The zero-order valence-electron chi connectivity index (χ0n) is 7.94. The normalized spacial score (nSPS) is 9.38. The number of hydrogen-bond acceptors (Lipinski definition) is 2. The SMILES string of the molecule is C=CCN([CH2][Na])CC=C.O=[PH](O)O. The van der Waals surface area contributed by atoms with E-state index in [-0.39, 0.29) is 0 Å². The van der Waals surface area contributed by atoms with Crippen LogP contribution in [0.15, 0.2) is 25.3 Å². The molecule has 0 aromatic carbocycles. The predicted octanol–water partition coefficient (Wildman–Crippen LogP) is 0.147. The summed E-state index contributed by atoms with van der Waals surface area (Å²) in [6.07, 6.45) is 3.86. The molecule has 72 valence electrons. The van der Waals surface area contributed by atoms with E-state index >= 15 is 0 Å². The van der Waals surface area contributed by atoms with Gasteiger partial charge in [0.05, 0.1) is 0 Å². The van der Waals surface area contributed by atoms with Gasteiger partial charge in [0.25, 0.3) is 0 Å². The van der Waals surface area contributed by atoms with Crippen molar-refractivity contribution in [3.05, 3.63) is 25.3 Å². The van der Waals surface area contributed by atoms with Crippen molar-refractivity contribution < 1.29 is 14.4 Å². The first kappa shape index (κ1) is 16.0. The van der Waals surface area contributed by atoms with E-state index in [9.17, 15) is 0 Å². The van der Waals surface area contributed by atoms with Crippen LogP contribution < -0.4 is 0 Å². The van der Waals surface area contributed by atoms with Gasteiger partial charge in [-0.1, -0.05) is 0 Å². The molecule has 0 aliphatic heterocycles. The maximum atomic E-state index is 8.74. The van der Waals surface area contributed by atoms with Gasteiger partial charge in [-0.05, 0) is 0 Å². The monoisotopic (exact) mass is 215 g/mol. The van der Waals surface area contributed by atoms with Gasteiger partial charge < -0.3 is 9.79 Å². The van der Waals surface area contributed by atoms with E-state index < -0.39 is 8.25 Å². The minimum Gasteiger partial charge on any atom is -0.326 e. The minimum absolute atomic E-state index is 0.996. The summed E-state index contributed by atoms with van der Waals surface area (Å²) in [5.41, 5.74) is 0. The third-order valence-corrected chi connectivity index (χ3v) is 2.12. The molecule has 0 heterocycles. The Hall–Kier alpha value is 0.590. The first-order valence-corrected chi connectivity index (χ1v) is 6.66. The van der Waals surface area contributed by atoms with E-state index in [1.807, 2.05) is 12.2 Å². The Labute approximate surface area is 97.3 Å². The van der Waals surface area contributed by atoms with Crippen LogP contribution in [0.3, 0.4) is 0 Å². The van der Waals surface area contributed by atoms with Crippen LogP contribution in [0.1, 0.15) is 0 Å². The smallest absolute Gasteiger partial charge is 0.314 e. The summed E-state index contributed by atoms with van der Waals surface area (Å²) < 4.78 is 9.95. The average Bonchev–Trinajstić information content (AvgIpc) is 2.03. The van der Waals surface area contributed by atoms with Crippen LogP contribution in [0.2, 0.25) is 0 Å². The van der Waals surface area contributed by atoms with Crippen LogP contribution in [0.5, 0.6) is 0 Å². The maximum absolute atomic E-state index is 8.74. The van der Waals surface area contributed by atoms with Gasteiger partial charge in [-0.15, -0.1) is 0 Å². The van der Waals surface area contributed by atoms with Crippen molar-refractivity contribution >= 4 is 36.2 Å². The number of nitrogens with zero attached hydrogens (tertiary/aromatic N) is 1. The summed E-state index contributed by atoms with van der Waals surface area (Å²) in [7, 11) is -3.13. The number of rotatable bonds is 5. The molecule has 0 aromatic heterocycles. The molecule has 0 amide bonds. The van der Waals surface area contributed by atoms with Gasteiger partial charge in [-0.3, -0.25) is 4.57 Å². The molecule has 0 unspecified atom stereocenters. The van der Waals surface area contributed by atoms with Gasteiger partial charge >= 0.3 is 83.3 Å². The van der Waals surface area contributed by atoms with E-state index in [1.54, 1.807) is 0 Å². The molecule has 0 bridgehead atoms. The average molecular weight is 215 g/mol. The summed E-state index contributed by atoms with van der Waals surface area (Å²) in [6, 6.07) is 0. The molecule has 0 aliphatic rings. The molecule has 0 saturated heterocycles. The summed E-state index contributed by atoms with van der Waals surface area (Å²) >= 11 is 1.23. The van der Waals surface area contributed by atoms with Gasteiger partial charge in [-0.2, -0.15) is 0 Å². The summed E-state index contributed by atoms with van der Waals surface area (Å²) in [5, 5.41) is 0. The Balaban J connectivity index is 0. The molecule has 6 heteroatoms. The maximum Gasteiger partial charge on any atom is 0.314 e. The summed E-state index contributed by atoms with van der Waals surface area (Å²) in [5.74, 6) is 0. The van der Waals surface area contributed by atoms with E-state index in [1.165, 1.54) is 31.7 Å². The third-order valence-electron chi connectivity index (χ3n) is 1.22. The molecule has 0 spiro atoms. The molecule has 0 aromatic rings. The van der Waals surface area contributed by atoms with Crippen molar-refractivity contribution in [3.8, 4) is 0 Å². The zero-order valence-corrected chi connectivity index (χ0v) is 10.9. The number of hydrogen-bond donors (Lipinski definition) is 2.